The summed E-state index contributed by atoms with van der Waals surface area (Å²) in [4.78, 5) is 3.86. The van der Waals surface area contributed by atoms with Crippen molar-refractivity contribution in [2.24, 2.45) is 0 Å². The molecule has 0 aliphatic rings. The summed E-state index contributed by atoms with van der Waals surface area (Å²) in [7, 11) is 0. The predicted octanol–water partition coefficient (Wildman–Crippen LogP) is 4.51. The van der Waals surface area contributed by atoms with Gasteiger partial charge in [-0.2, -0.15) is 13.2 Å². The minimum atomic E-state index is -4.37. The highest BCUT2D eigenvalue weighted by molar-refractivity contribution is 6.17. The monoisotopic (exact) mass is 271 g/mol. The minimum Gasteiger partial charge on any atom is -0.265 e. The fourth-order valence-electron chi connectivity index (χ4n) is 1.70. The highest BCUT2D eigenvalue weighted by Gasteiger charge is 2.32. The number of alkyl halides is 4. The van der Waals surface area contributed by atoms with Crippen molar-refractivity contribution in [2.45, 2.75) is 12.1 Å². The van der Waals surface area contributed by atoms with Gasteiger partial charge in [0.25, 0.3) is 0 Å². The van der Waals surface area contributed by atoms with Crippen molar-refractivity contribution in [2.75, 3.05) is 0 Å². The van der Waals surface area contributed by atoms with Crippen LogP contribution < -0.4 is 0 Å². The summed E-state index contributed by atoms with van der Waals surface area (Å²) in [5, 5.41) is 0. The number of rotatable bonds is 2. The minimum absolute atomic E-state index is 0.0819. The SMILES string of the molecule is FC(F)(F)c1ccc(-c2ccncc2)cc1CCl. The highest BCUT2D eigenvalue weighted by atomic mass is 35.5. The molecule has 0 unspecified atom stereocenters. The van der Waals surface area contributed by atoms with Gasteiger partial charge in [-0.25, -0.2) is 0 Å². The van der Waals surface area contributed by atoms with E-state index >= 15 is 0 Å². The molecule has 0 atom stereocenters. The maximum Gasteiger partial charge on any atom is 0.416 e. The molecule has 18 heavy (non-hydrogen) atoms. The van der Waals surface area contributed by atoms with Gasteiger partial charge in [0.15, 0.2) is 0 Å². The lowest BCUT2D eigenvalue weighted by molar-refractivity contribution is -0.138. The van der Waals surface area contributed by atoms with E-state index < -0.39 is 11.7 Å². The number of halogens is 4. The number of hydrogen-bond donors (Lipinski definition) is 0. The third kappa shape index (κ3) is 2.64. The number of hydrogen-bond acceptors (Lipinski definition) is 1. The first-order valence-corrected chi connectivity index (χ1v) is 5.72. The van der Waals surface area contributed by atoms with Gasteiger partial charge in [-0.1, -0.05) is 6.07 Å². The predicted molar refractivity (Wildman–Crippen MR) is 64.2 cm³/mol. The van der Waals surface area contributed by atoms with Crippen LogP contribution in [0.25, 0.3) is 11.1 Å². The van der Waals surface area contributed by atoms with Crippen LogP contribution in [0.4, 0.5) is 13.2 Å². The fraction of sp³-hybridized carbons (Fsp3) is 0.154. The Hall–Kier alpha value is -1.55. The summed E-state index contributed by atoms with van der Waals surface area (Å²) < 4.78 is 38.1. The molecule has 2 aromatic rings. The van der Waals surface area contributed by atoms with Gasteiger partial charge in [0.1, 0.15) is 0 Å². The van der Waals surface area contributed by atoms with E-state index in [1.807, 2.05) is 0 Å². The molecule has 0 fully saturated rings. The van der Waals surface area contributed by atoms with Gasteiger partial charge in [-0.3, -0.25) is 4.98 Å². The van der Waals surface area contributed by atoms with E-state index in [2.05, 4.69) is 4.98 Å². The van der Waals surface area contributed by atoms with Gasteiger partial charge in [-0.15, -0.1) is 11.6 Å². The molecule has 0 spiro atoms. The van der Waals surface area contributed by atoms with Gasteiger partial charge >= 0.3 is 6.18 Å². The second kappa shape index (κ2) is 4.98. The average Bonchev–Trinajstić information content (AvgIpc) is 2.38. The van der Waals surface area contributed by atoms with Crippen molar-refractivity contribution in [1.82, 2.24) is 4.98 Å². The second-order valence-corrected chi connectivity index (χ2v) is 4.01. The number of aromatic nitrogens is 1. The molecule has 0 saturated heterocycles. The number of nitrogens with zero attached hydrogens (tertiary/aromatic N) is 1. The maximum atomic E-state index is 12.7. The molecule has 1 nitrogen and oxygen atoms in total. The van der Waals surface area contributed by atoms with Crippen LogP contribution >= 0.6 is 11.6 Å². The topological polar surface area (TPSA) is 12.9 Å². The van der Waals surface area contributed by atoms with Crippen LogP contribution in [0.1, 0.15) is 11.1 Å². The quantitative estimate of drug-likeness (QED) is 0.733. The van der Waals surface area contributed by atoms with Crippen LogP contribution in [0.2, 0.25) is 0 Å². The molecule has 0 N–H and O–H groups in total. The van der Waals surface area contributed by atoms with Gasteiger partial charge < -0.3 is 0 Å². The summed E-state index contributed by atoms with van der Waals surface area (Å²) in [6, 6.07) is 7.44. The van der Waals surface area contributed by atoms with Gasteiger partial charge in [0.2, 0.25) is 0 Å². The smallest absolute Gasteiger partial charge is 0.265 e. The molecule has 1 aromatic heterocycles. The molecular formula is C13H9ClF3N. The first kappa shape index (κ1) is 12.9. The van der Waals surface area contributed by atoms with Crippen molar-refractivity contribution >= 4 is 11.6 Å². The molecule has 94 valence electrons. The fourth-order valence-corrected chi connectivity index (χ4v) is 1.93. The standard InChI is InChI=1S/C13H9ClF3N/c14-8-11-7-10(9-3-5-18-6-4-9)1-2-12(11)13(15,16)17/h1-7H,8H2. The van der Waals surface area contributed by atoms with E-state index in [-0.39, 0.29) is 11.4 Å². The lowest BCUT2D eigenvalue weighted by Gasteiger charge is -2.12. The molecule has 5 heteroatoms. The van der Waals surface area contributed by atoms with Crippen molar-refractivity contribution in [3.63, 3.8) is 0 Å². The van der Waals surface area contributed by atoms with Crippen molar-refractivity contribution in [3.8, 4) is 11.1 Å². The zero-order valence-electron chi connectivity index (χ0n) is 9.21. The molecule has 1 heterocycles. The summed E-state index contributed by atoms with van der Waals surface area (Å²) in [5.41, 5.74) is 0.903. The number of benzene rings is 1. The van der Waals surface area contributed by atoms with Crippen LogP contribution in [0, 0.1) is 0 Å². The Morgan fingerprint density at radius 1 is 1.00 bits per heavy atom. The molecule has 0 radical (unpaired) electrons. The Bertz CT molecular complexity index is 538. The van der Waals surface area contributed by atoms with E-state index in [1.165, 1.54) is 12.1 Å². The van der Waals surface area contributed by atoms with E-state index in [4.69, 9.17) is 11.6 Å². The molecule has 0 saturated carbocycles. The highest BCUT2D eigenvalue weighted by Crippen LogP contribution is 2.34. The lowest BCUT2D eigenvalue weighted by atomic mass is 10.0. The Morgan fingerprint density at radius 2 is 1.67 bits per heavy atom. The third-order valence-corrected chi connectivity index (χ3v) is 2.86. The van der Waals surface area contributed by atoms with Crippen molar-refractivity contribution in [3.05, 3.63) is 53.9 Å². The summed E-state index contributed by atoms with van der Waals surface area (Å²) in [6.07, 6.45) is -1.19. The zero-order chi connectivity index (χ0) is 13.2. The molecule has 0 aliphatic heterocycles. The van der Waals surface area contributed by atoms with E-state index in [9.17, 15) is 13.2 Å². The molecule has 2 rings (SSSR count). The summed E-state index contributed by atoms with van der Waals surface area (Å²) in [5.74, 6) is -0.173. The molecule has 0 aliphatic carbocycles. The summed E-state index contributed by atoms with van der Waals surface area (Å²) in [6.45, 7) is 0. The molecule has 0 amide bonds. The number of pyridine rings is 1. The van der Waals surface area contributed by atoms with E-state index in [0.29, 0.717) is 5.56 Å². The van der Waals surface area contributed by atoms with Gasteiger partial charge in [0.05, 0.1) is 5.56 Å². The largest absolute Gasteiger partial charge is 0.416 e. The van der Waals surface area contributed by atoms with Crippen molar-refractivity contribution in [1.29, 1.82) is 0 Å². The van der Waals surface area contributed by atoms with Gasteiger partial charge in [-0.05, 0) is 41.0 Å². The lowest BCUT2D eigenvalue weighted by Crippen LogP contribution is -2.08. The summed E-state index contributed by atoms with van der Waals surface area (Å²) >= 11 is 5.59. The molecule has 0 bridgehead atoms. The Morgan fingerprint density at radius 3 is 2.22 bits per heavy atom. The molecule has 1 aromatic carbocycles. The van der Waals surface area contributed by atoms with Crippen LogP contribution in [-0.2, 0) is 12.1 Å². The van der Waals surface area contributed by atoms with Crippen molar-refractivity contribution < 1.29 is 13.2 Å². The van der Waals surface area contributed by atoms with E-state index in [1.54, 1.807) is 24.5 Å². The van der Waals surface area contributed by atoms with E-state index in [0.717, 1.165) is 11.6 Å². The zero-order valence-corrected chi connectivity index (χ0v) is 9.96. The third-order valence-electron chi connectivity index (χ3n) is 2.57. The van der Waals surface area contributed by atoms with Gasteiger partial charge in [0, 0.05) is 18.3 Å². The van der Waals surface area contributed by atoms with Crippen LogP contribution in [-0.4, -0.2) is 4.98 Å². The maximum absolute atomic E-state index is 12.7. The first-order valence-electron chi connectivity index (χ1n) is 5.19. The normalized spacial score (nSPS) is 11.6. The average molecular weight is 272 g/mol. The molecular weight excluding hydrogens is 263 g/mol. The Kier molecular flexibility index (Phi) is 3.57. The second-order valence-electron chi connectivity index (χ2n) is 3.74. The van der Waals surface area contributed by atoms with Crippen LogP contribution in [0.5, 0.6) is 0 Å². The van der Waals surface area contributed by atoms with Crippen LogP contribution in [0.3, 0.4) is 0 Å². The Balaban J connectivity index is 2.49. The van der Waals surface area contributed by atoms with Crippen LogP contribution in [0.15, 0.2) is 42.7 Å². The first-order chi connectivity index (χ1) is 8.52. The Labute approximate surface area is 107 Å².